The fourth-order valence-corrected chi connectivity index (χ4v) is 7.33. The minimum Gasteiger partial charge on any atom is -0.350 e. The van der Waals surface area contributed by atoms with E-state index in [0.717, 1.165) is 34.9 Å². The van der Waals surface area contributed by atoms with Crippen LogP contribution >= 0.6 is 11.3 Å². The molecule has 0 aliphatic heterocycles. The first-order valence-electron chi connectivity index (χ1n) is 10.4. The summed E-state index contributed by atoms with van der Waals surface area (Å²) in [5, 5.41) is 6.27. The van der Waals surface area contributed by atoms with Gasteiger partial charge in [0.2, 0.25) is 5.91 Å². The van der Waals surface area contributed by atoms with Crippen LogP contribution in [0.2, 0.25) is 0 Å². The number of rotatable bonds is 5. The Labute approximate surface area is 165 Å². The van der Waals surface area contributed by atoms with E-state index < -0.39 is 0 Å². The number of amides is 1. The Kier molecular flexibility index (Phi) is 4.34. The van der Waals surface area contributed by atoms with Gasteiger partial charge in [0.1, 0.15) is 5.01 Å². The standard InChI is InChI=1S/C23H28N2OS/c1-15-4-2-3-5-20(15)22-25-19(14-27-22)13-24-21(26)12-23-9-16-6-17(10-23)8-18(7-16)11-23/h2-5,14,16-18H,6-13H2,1H3,(H,24,26). The maximum atomic E-state index is 12.7. The summed E-state index contributed by atoms with van der Waals surface area (Å²) in [5.74, 6) is 2.93. The second-order valence-corrected chi connectivity index (χ2v) is 10.2. The van der Waals surface area contributed by atoms with Gasteiger partial charge in [-0.05, 0) is 74.2 Å². The number of carbonyl (C=O) groups is 1. The summed E-state index contributed by atoms with van der Waals surface area (Å²) >= 11 is 1.66. The van der Waals surface area contributed by atoms with Gasteiger partial charge in [0.25, 0.3) is 0 Å². The van der Waals surface area contributed by atoms with Gasteiger partial charge in [-0.3, -0.25) is 4.79 Å². The highest BCUT2D eigenvalue weighted by atomic mass is 32.1. The Morgan fingerprint density at radius 1 is 1.15 bits per heavy atom. The molecular weight excluding hydrogens is 352 g/mol. The Morgan fingerprint density at radius 3 is 2.48 bits per heavy atom. The lowest BCUT2D eigenvalue weighted by atomic mass is 9.49. The predicted octanol–water partition coefficient (Wildman–Crippen LogP) is 5.34. The number of aromatic nitrogens is 1. The fraction of sp³-hybridized carbons (Fsp3) is 0.565. The van der Waals surface area contributed by atoms with E-state index in [1.165, 1.54) is 49.7 Å². The van der Waals surface area contributed by atoms with Crippen LogP contribution in [0.5, 0.6) is 0 Å². The van der Waals surface area contributed by atoms with Crippen LogP contribution < -0.4 is 5.32 Å². The first-order valence-corrected chi connectivity index (χ1v) is 11.2. The molecule has 1 heterocycles. The fourth-order valence-electron chi connectivity index (χ4n) is 6.42. The van der Waals surface area contributed by atoms with E-state index in [2.05, 4.69) is 41.9 Å². The van der Waals surface area contributed by atoms with Gasteiger partial charge < -0.3 is 5.32 Å². The third-order valence-corrected chi connectivity index (χ3v) is 8.02. The average molecular weight is 381 g/mol. The second-order valence-electron chi connectivity index (χ2n) is 9.33. The second kappa shape index (κ2) is 6.73. The molecule has 1 N–H and O–H groups in total. The third-order valence-electron chi connectivity index (χ3n) is 7.09. The van der Waals surface area contributed by atoms with Gasteiger partial charge in [-0.25, -0.2) is 4.98 Å². The van der Waals surface area contributed by atoms with E-state index in [1.807, 2.05) is 0 Å². The van der Waals surface area contributed by atoms with Crippen LogP contribution in [0.3, 0.4) is 0 Å². The largest absolute Gasteiger partial charge is 0.350 e. The zero-order chi connectivity index (χ0) is 18.4. The molecule has 6 rings (SSSR count). The molecule has 2 aromatic rings. The van der Waals surface area contributed by atoms with Crippen LogP contribution in [0.25, 0.3) is 10.6 Å². The molecule has 142 valence electrons. The minimum absolute atomic E-state index is 0.224. The van der Waals surface area contributed by atoms with Crippen molar-refractivity contribution in [1.29, 1.82) is 0 Å². The summed E-state index contributed by atoms with van der Waals surface area (Å²) in [6, 6.07) is 8.34. The molecule has 4 aliphatic rings. The lowest BCUT2D eigenvalue weighted by molar-refractivity contribution is -0.129. The molecule has 4 heteroatoms. The van der Waals surface area contributed by atoms with Crippen molar-refractivity contribution in [2.45, 2.75) is 58.4 Å². The van der Waals surface area contributed by atoms with Gasteiger partial charge in [0, 0.05) is 17.4 Å². The number of thiazole rings is 1. The van der Waals surface area contributed by atoms with Crippen molar-refractivity contribution < 1.29 is 4.79 Å². The number of nitrogens with zero attached hydrogens (tertiary/aromatic N) is 1. The van der Waals surface area contributed by atoms with Crippen LogP contribution in [0, 0.1) is 30.1 Å². The molecule has 1 amide bonds. The van der Waals surface area contributed by atoms with Gasteiger partial charge in [-0.1, -0.05) is 24.3 Å². The molecular formula is C23H28N2OS. The molecule has 4 bridgehead atoms. The first kappa shape index (κ1) is 17.4. The van der Waals surface area contributed by atoms with Crippen molar-refractivity contribution in [2.75, 3.05) is 0 Å². The Balaban J connectivity index is 1.20. The van der Waals surface area contributed by atoms with Crippen molar-refractivity contribution in [3.63, 3.8) is 0 Å². The van der Waals surface area contributed by atoms with E-state index in [-0.39, 0.29) is 5.91 Å². The molecule has 0 saturated heterocycles. The Morgan fingerprint density at radius 2 is 1.81 bits per heavy atom. The van der Waals surface area contributed by atoms with Gasteiger partial charge in [0.15, 0.2) is 0 Å². The van der Waals surface area contributed by atoms with Crippen LogP contribution in [0.1, 0.15) is 56.2 Å². The van der Waals surface area contributed by atoms with Crippen molar-refractivity contribution >= 4 is 17.2 Å². The van der Waals surface area contributed by atoms with E-state index in [1.54, 1.807) is 11.3 Å². The normalized spacial score (nSPS) is 31.2. The molecule has 27 heavy (non-hydrogen) atoms. The van der Waals surface area contributed by atoms with Crippen LogP contribution in [0.15, 0.2) is 29.6 Å². The topological polar surface area (TPSA) is 42.0 Å². The van der Waals surface area contributed by atoms with Gasteiger partial charge >= 0.3 is 0 Å². The van der Waals surface area contributed by atoms with Crippen molar-refractivity contribution in [3.8, 4) is 10.6 Å². The summed E-state index contributed by atoms with van der Waals surface area (Å²) < 4.78 is 0. The zero-order valence-electron chi connectivity index (χ0n) is 16.0. The summed E-state index contributed by atoms with van der Waals surface area (Å²) in [4.78, 5) is 17.4. The summed E-state index contributed by atoms with van der Waals surface area (Å²) in [5.41, 5.74) is 3.71. The molecule has 4 aliphatic carbocycles. The minimum atomic E-state index is 0.224. The molecule has 1 aromatic heterocycles. The Hall–Kier alpha value is -1.68. The lowest BCUT2D eigenvalue weighted by Crippen LogP contribution is -2.47. The van der Waals surface area contributed by atoms with Crippen molar-refractivity contribution in [3.05, 3.63) is 40.9 Å². The number of hydrogen-bond donors (Lipinski definition) is 1. The van der Waals surface area contributed by atoms with Crippen LogP contribution in [0.4, 0.5) is 0 Å². The molecule has 4 fully saturated rings. The van der Waals surface area contributed by atoms with Gasteiger partial charge in [0.05, 0.1) is 12.2 Å². The van der Waals surface area contributed by atoms with Gasteiger partial charge in [-0.2, -0.15) is 0 Å². The highest BCUT2D eigenvalue weighted by Gasteiger charge is 2.51. The number of nitrogens with one attached hydrogen (secondary N) is 1. The maximum Gasteiger partial charge on any atom is 0.220 e. The van der Waals surface area contributed by atoms with Gasteiger partial charge in [-0.15, -0.1) is 11.3 Å². The number of hydrogen-bond acceptors (Lipinski definition) is 3. The third kappa shape index (κ3) is 3.44. The maximum absolute atomic E-state index is 12.7. The van der Waals surface area contributed by atoms with Crippen molar-refractivity contribution in [2.24, 2.45) is 23.2 Å². The highest BCUT2D eigenvalue weighted by molar-refractivity contribution is 7.13. The van der Waals surface area contributed by atoms with E-state index in [4.69, 9.17) is 4.98 Å². The van der Waals surface area contributed by atoms with Crippen LogP contribution in [-0.2, 0) is 11.3 Å². The van der Waals surface area contributed by atoms with E-state index >= 15 is 0 Å². The highest BCUT2D eigenvalue weighted by Crippen LogP contribution is 2.61. The van der Waals surface area contributed by atoms with Crippen LogP contribution in [-0.4, -0.2) is 10.9 Å². The number of carbonyl (C=O) groups excluding carboxylic acids is 1. The van der Waals surface area contributed by atoms with Crippen molar-refractivity contribution in [1.82, 2.24) is 10.3 Å². The SMILES string of the molecule is Cc1ccccc1-c1nc(CNC(=O)CC23CC4CC(CC(C4)C2)C3)cs1. The molecule has 0 atom stereocenters. The summed E-state index contributed by atoms with van der Waals surface area (Å²) in [6.07, 6.45) is 8.90. The monoisotopic (exact) mass is 380 g/mol. The number of aryl methyl sites for hydroxylation is 1. The van der Waals surface area contributed by atoms with E-state index in [9.17, 15) is 4.79 Å². The summed E-state index contributed by atoms with van der Waals surface area (Å²) in [7, 11) is 0. The lowest BCUT2D eigenvalue weighted by Gasteiger charge is -2.56. The molecule has 0 spiro atoms. The molecule has 1 aromatic carbocycles. The smallest absolute Gasteiger partial charge is 0.220 e. The molecule has 0 unspecified atom stereocenters. The quantitative estimate of drug-likeness (QED) is 0.760. The number of benzene rings is 1. The predicted molar refractivity (Wildman–Crippen MR) is 109 cm³/mol. The molecule has 0 radical (unpaired) electrons. The zero-order valence-corrected chi connectivity index (χ0v) is 16.9. The van der Waals surface area contributed by atoms with E-state index in [0.29, 0.717) is 12.0 Å². The Bertz CT molecular complexity index is 820. The summed E-state index contributed by atoms with van der Waals surface area (Å²) in [6.45, 7) is 2.66. The average Bonchev–Trinajstić information content (AvgIpc) is 3.07. The molecule has 4 saturated carbocycles. The molecule has 3 nitrogen and oxygen atoms in total. The first-order chi connectivity index (χ1) is 13.1.